The molecule has 3 atom stereocenters. The molecule has 1 saturated carbocycles. The van der Waals surface area contributed by atoms with Crippen molar-refractivity contribution in [2.45, 2.75) is 71.1 Å². The van der Waals surface area contributed by atoms with Crippen molar-refractivity contribution in [3.05, 3.63) is 77.9 Å². The highest BCUT2D eigenvalue weighted by Gasteiger charge is 2.31. The van der Waals surface area contributed by atoms with Crippen molar-refractivity contribution in [1.82, 2.24) is 0 Å². The number of phenolic OH excluding ortho intramolecular Hbond substituents is 1. The van der Waals surface area contributed by atoms with Crippen LogP contribution < -0.4 is 0 Å². The minimum absolute atomic E-state index is 0.389. The van der Waals surface area contributed by atoms with Crippen LogP contribution in [-0.4, -0.2) is 5.11 Å². The molecule has 1 nitrogen and oxygen atoms in total. The van der Waals surface area contributed by atoms with Gasteiger partial charge in [-0.3, -0.25) is 0 Å². The van der Waals surface area contributed by atoms with Crippen LogP contribution in [0.1, 0.15) is 69.4 Å². The van der Waals surface area contributed by atoms with Crippen LogP contribution in [0.2, 0.25) is 0 Å². The number of benzene rings is 2. The highest BCUT2D eigenvalue weighted by Crippen LogP contribution is 2.41. The van der Waals surface area contributed by atoms with Crippen LogP contribution in [0, 0.1) is 17.8 Å². The fourth-order valence-corrected chi connectivity index (χ4v) is 5.17. The summed E-state index contributed by atoms with van der Waals surface area (Å²) in [5.74, 6) is 2.85. The predicted octanol–water partition coefficient (Wildman–Crippen LogP) is 7.74. The summed E-state index contributed by atoms with van der Waals surface area (Å²) in [4.78, 5) is 0. The van der Waals surface area contributed by atoms with Gasteiger partial charge in [-0.15, -0.1) is 0 Å². The number of rotatable bonds is 10. The van der Waals surface area contributed by atoms with Crippen LogP contribution in [0.5, 0.6) is 5.75 Å². The van der Waals surface area contributed by atoms with Gasteiger partial charge in [0.2, 0.25) is 0 Å². The van der Waals surface area contributed by atoms with E-state index >= 15 is 0 Å². The summed E-state index contributed by atoms with van der Waals surface area (Å²) >= 11 is 0. The molecule has 1 aliphatic rings. The summed E-state index contributed by atoms with van der Waals surface area (Å²) in [5, 5.41) is 9.67. The van der Waals surface area contributed by atoms with Gasteiger partial charge in [-0.05, 0) is 86.0 Å². The fraction of sp³-hybridized carbons (Fsp3) is 0.500. The molecule has 0 spiro atoms. The molecule has 3 rings (SSSR count). The number of unbranched alkanes of at least 4 members (excludes halogenated alkanes) is 1. The molecule has 1 heteroatoms. The summed E-state index contributed by atoms with van der Waals surface area (Å²) in [6, 6.07) is 18.8. The summed E-state index contributed by atoms with van der Waals surface area (Å²) in [6.07, 6.45) is 17.7. The van der Waals surface area contributed by atoms with Crippen molar-refractivity contribution < 1.29 is 5.11 Å². The molecule has 156 valence electrons. The molecule has 1 N–H and O–H groups in total. The standard InChI is InChI=1S/C28H38O/c1-2-3-15-25-16-10-17-26(21-20-23-11-5-4-6-12-23)28(25)19-8-7-13-24-14-9-18-27(29)22-24/h3-6,9,11-12,14-15,18,22,25-26,28-29H,2,7-8,10,13,16-17,19-21H2,1H3/b15-3-/t25-,26?,28+/m1/s1. The molecular formula is C28H38O. The van der Waals surface area contributed by atoms with E-state index in [1.54, 1.807) is 6.07 Å². The van der Waals surface area contributed by atoms with Crippen LogP contribution in [0.25, 0.3) is 0 Å². The Morgan fingerprint density at radius 1 is 0.897 bits per heavy atom. The zero-order chi connectivity index (χ0) is 20.3. The molecule has 0 aromatic heterocycles. The van der Waals surface area contributed by atoms with E-state index in [0.29, 0.717) is 5.75 Å². The molecule has 2 aromatic rings. The lowest BCUT2D eigenvalue weighted by Gasteiger charge is -2.37. The Balaban J connectivity index is 1.56. The minimum atomic E-state index is 0.389. The van der Waals surface area contributed by atoms with Crippen LogP contribution in [0.3, 0.4) is 0 Å². The molecule has 0 amide bonds. The second kappa shape index (κ2) is 11.9. The smallest absolute Gasteiger partial charge is 0.115 e. The molecule has 1 fully saturated rings. The van der Waals surface area contributed by atoms with Crippen molar-refractivity contribution in [2.75, 3.05) is 0 Å². The van der Waals surface area contributed by atoms with Crippen LogP contribution in [-0.2, 0) is 12.8 Å². The molecule has 29 heavy (non-hydrogen) atoms. The largest absolute Gasteiger partial charge is 0.508 e. The van der Waals surface area contributed by atoms with Crippen LogP contribution >= 0.6 is 0 Å². The van der Waals surface area contributed by atoms with E-state index < -0.39 is 0 Å². The molecule has 0 saturated heterocycles. The molecule has 1 aliphatic carbocycles. The second-order valence-corrected chi connectivity index (χ2v) is 8.80. The maximum absolute atomic E-state index is 9.67. The van der Waals surface area contributed by atoms with Gasteiger partial charge in [0.25, 0.3) is 0 Å². The third-order valence-corrected chi connectivity index (χ3v) is 6.70. The Kier molecular flexibility index (Phi) is 8.86. The first-order chi connectivity index (χ1) is 14.3. The summed E-state index contributed by atoms with van der Waals surface area (Å²) < 4.78 is 0. The van der Waals surface area contributed by atoms with Gasteiger partial charge in [-0.1, -0.05) is 80.8 Å². The van der Waals surface area contributed by atoms with E-state index in [2.05, 4.69) is 55.5 Å². The lowest BCUT2D eigenvalue weighted by molar-refractivity contribution is 0.160. The van der Waals surface area contributed by atoms with Crippen molar-refractivity contribution in [3.8, 4) is 5.75 Å². The topological polar surface area (TPSA) is 20.2 Å². The van der Waals surface area contributed by atoms with E-state index in [4.69, 9.17) is 0 Å². The summed E-state index contributed by atoms with van der Waals surface area (Å²) in [5.41, 5.74) is 2.75. The molecule has 0 bridgehead atoms. The summed E-state index contributed by atoms with van der Waals surface area (Å²) in [6.45, 7) is 2.25. The molecule has 0 radical (unpaired) electrons. The number of aromatic hydroxyl groups is 1. The van der Waals surface area contributed by atoms with E-state index in [0.717, 1.165) is 30.6 Å². The average molecular weight is 391 g/mol. The highest BCUT2D eigenvalue weighted by molar-refractivity contribution is 5.27. The van der Waals surface area contributed by atoms with E-state index in [1.165, 1.54) is 62.5 Å². The van der Waals surface area contributed by atoms with Gasteiger partial charge in [-0.2, -0.15) is 0 Å². The van der Waals surface area contributed by atoms with Gasteiger partial charge in [-0.25, -0.2) is 0 Å². The van der Waals surface area contributed by atoms with Crippen LogP contribution in [0.15, 0.2) is 66.7 Å². The first kappa shape index (κ1) is 21.7. The second-order valence-electron chi connectivity index (χ2n) is 8.80. The quantitative estimate of drug-likeness (QED) is 0.325. The zero-order valence-corrected chi connectivity index (χ0v) is 18.1. The monoisotopic (exact) mass is 390 g/mol. The van der Waals surface area contributed by atoms with Gasteiger partial charge in [0.15, 0.2) is 0 Å². The van der Waals surface area contributed by atoms with E-state index in [-0.39, 0.29) is 0 Å². The normalized spacial score (nSPS) is 22.2. The van der Waals surface area contributed by atoms with E-state index in [9.17, 15) is 5.11 Å². The number of phenols is 1. The third kappa shape index (κ3) is 7.07. The van der Waals surface area contributed by atoms with Gasteiger partial charge in [0, 0.05) is 0 Å². The zero-order valence-electron chi connectivity index (χ0n) is 18.1. The average Bonchev–Trinajstić information content (AvgIpc) is 2.75. The third-order valence-electron chi connectivity index (χ3n) is 6.70. The molecule has 1 unspecified atom stereocenters. The molecule has 0 aliphatic heterocycles. The first-order valence-electron chi connectivity index (χ1n) is 11.7. The number of hydrogen-bond acceptors (Lipinski definition) is 1. The van der Waals surface area contributed by atoms with Gasteiger partial charge < -0.3 is 5.11 Å². The number of allylic oxidation sites excluding steroid dienone is 2. The fourth-order valence-electron chi connectivity index (χ4n) is 5.17. The lowest BCUT2D eigenvalue weighted by Crippen LogP contribution is -2.28. The van der Waals surface area contributed by atoms with Crippen LogP contribution in [0.4, 0.5) is 0 Å². The van der Waals surface area contributed by atoms with Gasteiger partial charge in [0.05, 0.1) is 0 Å². The SMILES string of the molecule is CC/C=C\[C@@H]1CCCC(CCc2ccccc2)[C@H]1CCCCc1cccc(O)c1. The Bertz CT molecular complexity index is 733. The maximum atomic E-state index is 9.67. The Labute approximate surface area is 177 Å². The van der Waals surface area contributed by atoms with Crippen molar-refractivity contribution in [2.24, 2.45) is 17.8 Å². The molecule has 2 aromatic carbocycles. The van der Waals surface area contributed by atoms with Crippen molar-refractivity contribution in [3.63, 3.8) is 0 Å². The highest BCUT2D eigenvalue weighted by atomic mass is 16.3. The van der Waals surface area contributed by atoms with Gasteiger partial charge >= 0.3 is 0 Å². The van der Waals surface area contributed by atoms with E-state index in [1.807, 2.05) is 12.1 Å². The molecule has 0 heterocycles. The maximum Gasteiger partial charge on any atom is 0.115 e. The van der Waals surface area contributed by atoms with Gasteiger partial charge in [0.1, 0.15) is 5.75 Å². The van der Waals surface area contributed by atoms with Crippen molar-refractivity contribution in [1.29, 1.82) is 0 Å². The number of aryl methyl sites for hydroxylation is 2. The lowest BCUT2D eigenvalue weighted by atomic mass is 9.68. The predicted molar refractivity (Wildman–Crippen MR) is 124 cm³/mol. The Morgan fingerprint density at radius 3 is 2.52 bits per heavy atom. The molecular weight excluding hydrogens is 352 g/mol. The van der Waals surface area contributed by atoms with Crippen molar-refractivity contribution >= 4 is 0 Å². The first-order valence-corrected chi connectivity index (χ1v) is 11.7. The number of hydrogen-bond donors (Lipinski definition) is 1. The summed E-state index contributed by atoms with van der Waals surface area (Å²) in [7, 11) is 0. The Hall–Kier alpha value is -2.02. The minimum Gasteiger partial charge on any atom is -0.508 e. The Morgan fingerprint density at radius 2 is 1.72 bits per heavy atom.